The van der Waals surface area contributed by atoms with Crippen molar-refractivity contribution in [1.82, 2.24) is 10.2 Å². The summed E-state index contributed by atoms with van der Waals surface area (Å²) in [5, 5.41) is 4.19. The van der Waals surface area contributed by atoms with Crippen molar-refractivity contribution < 1.29 is 14.0 Å². The fourth-order valence-corrected chi connectivity index (χ4v) is 3.98. The summed E-state index contributed by atoms with van der Waals surface area (Å²) >= 11 is 0. The highest BCUT2D eigenvalue weighted by Crippen LogP contribution is 2.33. The Balaban J connectivity index is 1.43. The maximum absolute atomic E-state index is 12.8. The van der Waals surface area contributed by atoms with Crippen LogP contribution in [-0.4, -0.2) is 29.8 Å². The van der Waals surface area contributed by atoms with E-state index < -0.39 is 0 Å². The van der Waals surface area contributed by atoms with E-state index >= 15 is 0 Å². The lowest BCUT2D eigenvalue weighted by molar-refractivity contribution is -0.137. The molecule has 2 amide bonds. The van der Waals surface area contributed by atoms with Crippen LogP contribution in [0.3, 0.4) is 0 Å². The number of fused-ring (bicyclic) bond motifs is 1. The molecule has 1 aromatic heterocycles. The molecule has 0 radical (unpaired) electrons. The van der Waals surface area contributed by atoms with E-state index in [0.717, 1.165) is 54.5 Å². The average molecular weight is 354 g/mol. The van der Waals surface area contributed by atoms with Gasteiger partial charge < -0.3 is 14.6 Å². The molecule has 5 heteroatoms. The summed E-state index contributed by atoms with van der Waals surface area (Å²) in [7, 11) is 0. The number of amides is 2. The number of carbonyl (C=O) groups is 2. The SMILES string of the molecule is Cc1c([C@H](C)NC(=O)[C@H]2CCCN(C(=O)C3CC3)C2)oc2ccccc12. The molecule has 2 aliphatic rings. The lowest BCUT2D eigenvalue weighted by atomic mass is 9.96. The first-order valence-corrected chi connectivity index (χ1v) is 9.61. The second-order valence-corrected chi connectivity index (χ2v) is 7.72. The number of likely N-dealkylation sites (tertiary alicyclic amines) is 1. The second kappa shape index (κ2) is 6.78. The molecule has 1 aliphatic carbocycles. The van der Waals surface area contributed by atoms with Crippen molar-refractivity contribution in [2.45, 2.75) is 45.6 Å². The Morgan fingerprint density at radius 3 is 2.69 bits per heavy atom. The Kier molecular flexibility index (Phi) is 4.47. The van der Waals surface area contributed by atoms with Crippen LogP contribution in [0.2, 0.25) is 0 Å². The highest BCUT2D eigenvalue weighted by molar-refractivity contribution is 5.84. The van der Waals surface area contributed by atoms with Crippen LogP contribution in [-0.2, 0) is 9.59 Å². The van der Waals surface area contributed by atoms with Gasteiger partial charge in [0.2, 0.25) is 11.8 Å². The van der Waals surface area contributed by atoms with Crippen LogP contribution in [0.25, 0.3) is 11.0 Å². The molecule has 2 aromatic rings. The van der Waals surface area contributed by atoms with Crippen molar-refractivity contribution in [3.8, 4) is 0 Å². The Bertz CT molecular complexity index is 837. The monoisotopic (exact) mass is 354 g/mol. The number of carbonyl (C=O) groups excluding carboxylic acids is 2. The number of hydrogen-bond acceptors (Lipinski definition) is 3. The number of hydrogen-bond donors (Lipinski definition) is 1. The molecular weight excluding hydrogens is 328 g/mol. The molecule has 2 heterocycles. The van der Waals surface area contributed by atoms with Crippen LogP contribution in [0.5, 0.6) is 0 Å². The van der Waals surface area contributed by atoms with Crippen LogP contribution in [0, 0.1) is 18.8 Å². The van der Waals surface area contributed by atoms with E-state index in [1.54, 1.807) is 0 Å². The largest absolute Gasteiger partial charge is 0.459 e. The van der Waals surface area contributed by atoms with Gasteiger partial charge in [0.1, 0.15) is 11.3 Å². The summed E-state index contributed by atoms with van der Waals surface area (Å²) in [5.74, 6) is 1.16. The first-order chi connectivity index (χ1) is 12.5. The van der Waals surface area contributed by atoms with Crippen LogP contribution in [0.15, 0.2) is 28.7 Å². The van der Waals surface area contributed by atoms with Crippen molar-refractivity contribution in [3.05, 3.63) is 35.6 Å². The van der Waals surface area contributed by atoms with E-state index in [0.29, 0.717) is 6.54 Å². The molecule has 0 bridgehead atoms. The minimum atomic E-state index is -0.190. The molecule has 5 nitrogen and oxygen atoms in total. The number of piperidine rings is 1. The highest BCUT2D eigenvalue weighted by Gasteiger charge is 2.37. The third-order valence-corrected chi connectivity index (χ3v) is 5.66. The quantitative estimate of drug-likeness (QED) is 0.913. The molecule has 0 spiro atoms. The number of rotatable bonds is 4. The predicted molar refractivity (Wildman–Crippen MR) is 99.5 cm³/mol. The minimum Gasteiger partial charge on any atom is -0.459 e. The summed E-state index contributed by atoms with van der Waals surface area (Å²) < 4.78 is 5.97. The van der Waals surface area contributed by atoms with Crippen molar-refractivity contribution in [1.29, 1.82) is 0 Å². The Labute approximate surface area is 153 Å². The Morgan fingerprint density at radius 2 is 1.96 bits per heavy atom. The van der Waals surface area contributed by atoms with E-state index in [1.807, 2.05) is 43.0 Å². The van der Waals surface area contributed by atoms with E-state index in [4.69, 9.17) is 4.42 Å². The summed E-state index contributed by atoms with van der Waals surface area (Å²) in [4.78, 5) is 27.0. The van der Waals surface area contributed by atoms with Crippen LogP contribution in [0.4, 0.5) is 0 Å². The lowest BCUT2D eigenvalue weighted by Crippen LogP contribution is -2.46. The third-order valence-electron chi connectivity index (χ3n) is 5.66. The smallest absolute Gasteiger partial charge is 0.225 e. The third kappa shape index (κ3) is 3.22. The van der Waals surface area contributed by atoms with Crippen molar-refractivity contribution in [2.24, 2.45) is 11.8 Å². The molecule has 1 saturated carbocycles. The van der Waals surface area contributed by atoms with E-state index in [9.17, 15) is 9.59 Å². The summed E-state index contributed by atoms with van der Waals surface area (Å²) in [6, 6.07) is 7.73. The van der Waals surface area contributed by atoms with Gasteiger partial charge in [0.05, 0.1) is 12.0 Å². The maximum Gasteiger partial charge on any atom is 0.225 e. The molecule has 138 valence electrons. The molecule has 1 aliphatic heterocycles. The molecule has 1 saturated heterocycles. The summed E-state index contributed by atoms with van der Waals surface area (Å²) in [6.07, 6.45) is 3.75. The van der Waals surface area contributed by atoms with Gasteiger partial charge in [-0.2, -0.15) is 0 Å². The van der Waals surface area contributed by atoms with Crippen LogP contribution in [0.1, 0.15) is 50.0 Å². The average Bonchev–Trinajstić information content (AvgIpc) is 3.45. The Morgan fingerprint density at radius 1 is 1.19 bits per heavy atom. The van der Waals surface area contributed by atoms with Gasteiger partial charge in [0.25, 0.3) is 0 Å². The van der Waals surface area contributed by atoms with Gasteiger partial charge in [0.15, 0.2) is 0 Å². The molecule has 0 unspecified atom stereocenters. The molecule has 2 fully saturated rings. The molecule has 4 rings (SSSR count). The fourth-order valence-electron chi connectivity index (χ4n) is 3.98. The van der Waals surface area contributed by atoms with Crippen molar-refractivity contribution in [3.63, 3.8) is 0 Å². The molecule has 1 N–H and O–H groups in total. The Hall–Kier alpha value is -2.30. The number of para-hydroxylation sites is 1. The molecule has 26 heavy (non-hydrogen) atoms. The highest BCUT2D eigenvalue weighted by atomic mass is 16.3. The number of furan rings is 1. The molecule has 1 aromatic carbocycles. The first kappa shape index (κ1) is 17.1. The van der Waals surface area contributed by atoms with Gasteiger partial charge in [-0.25, -0.2) is 0 Å². The number of benzene rings is 1. The zero-order valence-corrected chi connectivity index (χ0v) is 15.5. The lowest BCUT2D eigenvalue weighted by Gasteiger charge is -2.32. The normalized spacial score (nSPS) is 21.6. The predicted octanol–water partition coefficient (Wildman–Crippen LogP) is 3.57. The van der Waals surface area contributed by atoms with E-state index in [1.165, 1.54) is 0 Å². The van der Waals surface area contributed by atoms with Crippen LogP contribution >= 0.6 is 0 Å². The van der Waals surface area contributed by atoms with Gasteiger partial charge in [-0.1, -0.05) is 18.2 Å². The first-order valence-electron chi connectivity index (χ1n) is 9.61. The molecule has 2 atom stereocenters. The van der Waals surface area contributed by atoms with Crippen molar-refractivity contribution >= 4 is 22.8 Å². The second-order valence-electron chi connectivity index (χ2n) is 7.72. The summed E-state index contributed by atoms with van der Waals surface area (Å²) in [6.45, 7) is 5.32. The summed E-state index contributed by atoms with van der Waals surface area (Å²) in [5.41, 5.74) is 1.92. The van der Waals surface area contributed by atoms with Crippen molar-refractivity contribution in [2.75, 3.05) is 13.1 Å². The van der Waals surface area contributed by atoms with Gasteiger partial charge >= 0.3 is 0 Å². The minimum absolute atomic E-state index is 0.0191. The van der Waals surface area contributed by atoms with E-state index in [-0.39, 0.29) is 29.7 Å². The zero-order valence-electron chi connectivity index (χ0n) is 15.5. The van der Waals surface area contributed by atoms with Crippen LogP contribution < -0.4 is 5.32 Å². The van der Waals surface area contributed by atoms with Gasteiger partial charge in [0, 0.05) is 30.0 Å². The van der Waals surface area contributed by atoms with E-state index in [2.05, 4.69) is 5.32 Å². The maximum atomic E-state index is 12.8. The standard InChI is InChI=1S/C21H26N2O3/c1-13-17-7-3-4-8-18(17)26-19(13)14(2)22-20(24)16-6-5-11-23(12-16)21(25)15-9-10-15/h3-4,7-8,14-16H,5-6,9-12H2,1-2H3,(H,22,24)/t14-,16-/m0/s1. The number of nitrogens with one attached hydrogen (secondary N) is 1. The van der Waals surface area contributed by atoms with Gasteiger partial charge in [-0.15, -0.1) is 0 Å². The number of nitrogens with zero attached hydrogens (tertiary/aromatic N) is 1. The van der Waals surface area contributed by atoms with Gasteiger partial charge in [-0.05, 0) is 45.6 Å². The fraction of sp³-hybridized carbons (Fsp3) is 0.524. The molecular formula is C21H26N2O3. The topological polar surface area (TPSA) is 62.6 Å². The number of aryl methyl sites for hydroxylation is 1. The zero-order chi connectivity index (χ0) is 18.3. The van der Waals surface area contributed by atoms with Gasteiger partial charge in [-0.3, -0.25) is 9.59 Å².